The van der Waals surface area contributed by atoms with Crippen LogP contribution in [0, 0.1) is 5.92 Å². The number of rotatable bonds is 9. The lowest BCUT2D eigenvalue weighted by Crippen LogP contribution is -2.27. The molecule has 0 aliphatic carbocycles. The predicted molar refractivity (Wildman–Crippen MR) is 124 cm³/mol. The topological polar surface area (TPSA) is 88.0 Å². The Hall–Kier alpha value is -2.81. The second-order valence-electron chi connectivity index (χ2n) is 7.64. The van der Waals surface area contributed by atoms with E-state index in [0.29, 0.717) is 29.7 Å². The molecule has 0 unspecified atom stereocenters. The Labute approximate surface area is 181 Å². The monoisotopic (exact) mass is 427 g/mol. The van der Waals surface area contributed by atoms with Gasteiger partial charge in [0.1, 0.15) is 5.82 Å². The van der Waals surface area contributed by atoms with Crippen LogP contribution in [0.25, 0.3) is 11.0 Å². The van der Waals surface area contributed by atoms with E-state index >= 15 is 0 Å². The first-order valence-corrected chi connectivity index (χ1v) is 11.2. The molecule has 0 aliphatic heterocycles. The fraction of sp³-hybridized carbons (Fsp3) is 0.429. The van der Waals surface area contributed by atoms with Crippen molar-refractivity contribution in [2.45, 2.75) is 25.5 Å². The molecular weight excluding hydrogens is 398 g/mol. The summed E-state index contributed by atoms with van der Waals surface area (Å²) in [7, 11) is 3.94. The van der Waals surface area contributed by atoms with E-state index in [1.54, 1.807) is 6.20 Å². The van der Waals surface area contributed by atoms with Crippen molar-refractivity contribution in [1.82, 2.24) is 25.1 Å². The van der Waals surface area contributed by atoms with Crippen LogP contribution in [0.3, 0.4) is 0 Å². The van der Waals surface area contributed by atoms with Crippen LogP contribution in [0.1, 0.15) is 24.2 Å². The number of benzene rings is 1. The van der Waals surface area contributed by atoms with Gasteiger partial charge in [-0.25, -0.2) is 14.6 Å². The molecule has 2 aromatic heterocycles. The molecule has 1 aromatic carbocycles. The van der Waals surface area contributed by atoms with Gasteiger partial charge in [-0.1, -0.05) is 25.6 Å². The molecule has 30 heavy (non-hydrogen) atoms. The van der Waals surface area contributed by atoms with Gasteiger partial charge in [0, 0.05) is 38.4 Å². The van der Waals surface area contributed by atoms with E-state index in [0.717, 1.165) is 29.1 Å². The minimum Gasteiger partial charge on any atom is -0.378 e. The molecule has 8 nitrogen and oxygen atoms in total. The lowest BCUT2D eigenvalue weighted by molar-refractivity contribution is 0.0952. The van der Waals surface area contributed by atoms with Crippen molar-refractivity contribution in [3.63, 3.8) is 0 Å². The molecule has 0 aliphatic rings. The zero-order chi connectivity index (χ0) is 21.7. The first kappa shape index (κ1) is 21.9. The van der Waals surface area contributed by atoms with Gasteiger partial charge in [0.05, 0.1) is 18.1 Å². The number of hydrogen-bond acceptors (Lipinski definition) is 7. The Balaban J connectivity index is 1.68. The SMILES string of the molecule is CSc1nc(NCC(C)C)c2cnn(CCNC(=O)c3ccc(N(C)C)cc3)c2n1. The maximum absolute atomic E-state index is 12.4. The summed E-state index contributed by atoms with van der Waals surface area (Å²) in [5, 5.41) is 12.4. The number of aromatic nitrogens is 4. The number of fused-ring (bicyclic) bond motifs is 1. The average molecular weight is 428 g/mol. The predicted octanol–water partition coefficient (Wildman–Crippen LogP) is 3.11. The van der Waals surface area contributed by atoms with Crippen molar-refractivity contribution in [2.24, 2.45) is 5.92 Å². The summed E-state index contributed by atoms with van der Waals surface area (Å²) >= 11 is 1.50. The molecular formula is C21H29N7OS. The van der Waals surface area contributed by atoms with E-state index in [9.17, 15) is 4.79 Å². The molecule has 9 heteroatoms. The van der Waals surface area contributed by atoms with Crippen LogP contribution in [-0.4, -0.2) is 59.1 Å². The highest BCUT2D eigenvalue weighted by Gasteiger charge is 2.13. The van der Waals surface area contributed by atoms with Crippen LogP contribution in [-0.2, 0) is 6.54 Å². The van der Waals surface area contributed by atoms with Crippen LogP contribution in [0.4, 0.5) is 11.5 Å². The van der Waals surface area contributed by atoms with Crippen LogP contribution in [0.15, 0.2) is 35.6 Å². The van der Waals surface area contributed by atoms with Crippen molar-refractivity contribution in [3.8, 4) is 0 Å². The number of nitrogens with one attached hydrogen (secondary N) is 2. The van der Waals surface area contributed by atoms with E-state index in [1.807, 2.05) is 54.2 Å². The van der Waals surface area contributed by atoms with Gasteiger partial charge in [0.2, 0.25) is 0 Å². The summed E-state index contributed by atoms with van der Waals surface area (Å²) in [6, 6.07) is 7.53. The summed E-state index contributed by atoms with van der Waals surface area (Å²) in [4.78, 5) is 23.6. The average Bonchev–Trinajstić information content (AvgIpc) is 3.14. The lowest BCUT2D eigenvalue weighted by Gasteiger charge is -2.13. The van der Waals surface area contributed by atoms with Crippen molar-refractivity contribution < 1.29 is 4.79 Å². The molecule has 0 radical (unpaired) electrons. The smallest absolute Gasteiger partial charge is 0.251 e. The lowest BCUT2D eigenvalue weighted by atomic mass is 10.2. The van der Waals surface area contributed by atoms with Crippen molar-refractivity contribution in [2.75, 3.05) is 43.7 Å². The largest absolute Gasteiger partial charge is 0.378 e. The number of anilines is 2. The van der Waals surface area contributed by atoms with Gasteiger partial charge in [-0.05, 0) is 36.4 Å². The van der Waals surface area contributed by atoms with Gasteiger partial charge in [0.15, 0.2) is 10.8 Å². The van der Waals surface area contributed by atoms with Gasteiger partial charge in [-0.3, -0.25) is 4.79 Å². The van der Waals surface area contributed by atoms with Crippen LogP contribution in [0.5, 0.6) is 0 Å². The van der Waals surface area contributed by atoms with Gasteiger partial charge >= 0.3 is 0 Å². The van der Waals surface area contributed by atoms with Crippen molar-refractivity contribution >= 4 is 40.2 Å². The minimum absolute atomic E-state index is 0.101. The van der Waals surface area contributed by atoms with Crippen LogP contribution >= 0.6 is 11.8 Å². The molecule has 0 spiro atoms. The van der Waals surface area contributed by atoms with Crippen LogP contribution < -0.4 is 15.5 Å². The summed E-state index contributed by atoms with van der Waals surface area (Å²) < 4.78 is 1.81. The summed E-state index contributed by atoms with van der Waals surface area (Å²) in [5.74, 6) is 1.20. The van der Waals surface area contributed by atoms with Gasteiger partial charge < -0.3 is 15.5 Å². The molecule has 1 amide bonds. The second-order valence-corrected chi connectivity index (χ2v) is 8.41. The molecule has 3 rings (SSSR count). The Morgan fingerprint density at radius 1 is 1.20 bits per heavy atom. The minimum atomic E-state index is -0.101. The summed E-state index contributed by atoms with van der Waals surface area (Å²) in [5.41, 5.74) is 2.46. The first-order valence-electron chi connectivity index (χ1n) is 9.96. The zero-order valence-corrected chi connectivity index (χ0v) is 19.0. The number of hydrogen-bond donors (Lipinski definition) is 2. The van der Waals surface area contributed by atoms with Crippen LogP contribution in [0.2, 0.25) is 0 Å². The number of amides is 1. The number of nitrogens with zero attached hydrogens (tertiary/aromatic N) is 5. The Kier molecular flexibility index (Phi) is 7.15. The molecule has 0 fully saturated rings. The molecule has 0 saturated heterocycles. The third kappa shape index (κ3) is 5.21. The molecule has 2 heterocycles. The number of thioether (sulfide) groups is 1. The van der Waals surface area contributed by atoms with E-state index in [4.69, 9.17) is 0 Å². The van der Waals surface area contributed by atoms with Gasteiger partial charge in [0.25, 0.3) is 5.91 Å². The maximum Gasteiger partial charge on any atom is 0.251 e. The summed E-state index contributed by atoms with van der Waals surface area (Å²) in [6.07, 6.45) is 3.74. The normalized spacial score (nSPS) is 11.1. The first-order chi connectivity index (χ1) is 14.4. The fourth-order valence-corrected chi connectivity index (χ4v) is 3.27. The molecule has 160 valence electrons. The zero-order valence-electron chi connectivity index (χ0n) is 18.1. The van der Waals surface area contributed by atoms with Gasteiger partial charge in [-0.15, -0.1) is 0 Å². The van der Waals surface area contributed by atoms with E-state index in [1.165, 1.54) is 11.8 Å². The molecule has 0 bridgehead atoms. The summed E-state index contributed by atoms with van der Waals surface area (Å²) in [6.45, 7) is 6.12. The number of carbonyl (C=O) groups excluding carboxylic acids is 1. The highest BCUT2D eigenvalue weighted by Crippen LogP contribution is 2.23. The Morgan fingerprint density at radius 2 is 1.93 bits per heavy atom. The quantitative estimate of drug-likeness (QED) is 0.401. The Bertz CT molecular complexity index is 999. The van der Waals surface area contributed by atoms with Crippen molar-refractivity contribution in [1.29, 1.82) is 0 Å². The maximum atomic E-state index is 12.4. The van der Waals surface area contributed by atoms with E-state index in [2.05, 4.69) is 39.5 Å². The van der Waals surface area contributed by atoms with Gasteiger partial charge in [-0.2, -0.15) is 5.10 Å². The number of carbonyl (C=O) groups is 1. The third-order valence-corrected chi connectivity index (χ3v) is 5.14. The fourth-order valence-electron chi connectivity index (χ4n) is 2.91. The van der Waals surface area contributed by atoms with E-state index in [-0.39, 0.29) is 5.91 Å². The van der Waals surface area contributed by atoms with Crippen molar-refractivity contribution in [3.05, 3.63) is 36.0 Å². The highest BCUT2D eigenvalue weighted by atomic mass is 32.2. The second kappa shape index (κ2) is 9.80. The third-order valence-electron chi connectivity index (χ3n) is 4.59. The van der Waals surface area contributed by atoms with E-state index < -0.39 is 0 Å². The Morgan fingerprint density at radius 3 is 2.57 bits per heavy atom. The molecule has 0 atom stereocenters. The molecule has 0 saturated carbocycles. The standard InChI is InChI=1S/C21H29N7OS/c1-14(2)12-23-18-17-13-24-28(19(17)26-21(25-18)30-5)11-10-22-20(29)15-6-8-16(9-7-15)27(3)4/h6-9,13-14H,10-12H2,1-5H3,(H,22,29)(H,23,25,26). The molecule has 2 N–H and O–H groups in total. The molecule has 3 aromatic rings. The highest BCUT2D eigenvalue weighted by molar-refractivity contribution is 7.98.